The molecule has 2 aromatic rings. The summed E-state index contributed by atoms with van der Waals surface area (Å²) in [6.45, 7) is -0.601. The van der Waals surface area contributed by atoms with E-state index in [4.69, 9.17) is 14.2 Å². The van der Waals surface area contributed by atoms with Crippen LogP contribution in [-0.4, -0.2) is 64.3 Å². The third-order valence-corrected chi connectivity index (χ3v) is 6.91. The van der Waals surface area contributed by atoms with Crippen molar-refractivity contribution in [1.82, 2.24) is 0 Å². The van der Waals surface area contributed by atoms with E-state index < -0.39 is 65.3 Å². The molecule has 2 aromatic carbocycles. The van der Waals surface area contributed by atoms with Gasteiger partial charge in [0.05, 0.1) is 13.7 Å². The average Bonchev–Trinajstić information content (AvgIpc) is 2.98. The third-order valence-electron chi connectivity index (χ3n) is 6.91. The normalized spacial score (nSPS) is 15.4. The van der Waals surface area contributed by atoms with Gasteiger partial charge in [-0.2, -0.15) is 26.3 Å². The molecule has 3 atom stereocenters. The van der Waals surface area contributed by atoms with Crippen molar-refractivity contribution in [1.29, 1.82) is 0 Å². The topological polar surface area (TPSA) is 97.4 Å². The Balaban J connectivity index is 2.22. The number of esters is 3. The van der Waals surface area contributed by atoms with Gasteiger partial charge < -0.3 is 23.7 Å². The number of methoxy groups -OCH3 is 3. The molecule has 0 saturated carbocycles. The van der Waals surface area contributed by atoms with Crippen molar-refractivity contribution in [2.24, 2.45) is 0 Å². The Labute approximate surface area is 250 Å². The highest BCUT2D eigenvalue weighted by atomic mass is 19.4. The van der Waals surface area contributed by atoms with Gasteiger partial charge in [0.2, 0.25) is 0 Å². The van der Waals surface area contributed by atoms with Gasteiger partial charge in [-0.25, -0.2) is 9.59 Å². The zero-order chi connectivity index (χ0) is 33.0. The minimum Gasteiger partial charge on any atom is -0.469 e. The van der Waals surface area contributed by atoms with E-state index in [1.165, 1.54) is 43.5 Å². The quantitative estimate of drug-likeness (QED) is 0.0936. The van der Waals surface area contributed by atoms with Crippen molar-refractivity contribution < 1.29 is 64.4 Å². The van der Waals surface area contributed by atoms with Crippen molar-refractivity contribution in [3.8, 4) is 0 Å². The summed E-state index contributed by atoms with van der Waals surface area (Å²) >= 11 is 0. The maximum atomic E-state index is 14.3. The fraction of sp³-hybridized carbons (Fsp3) is 0.500. The second-order valence-corrected chi connectivity index (χ2v) is 9.63. The monoisotopic (exact) mass is 636 g/mol. The van der Waals surface area contributed by atoms with Crippen LogP contribution in [0.4, 0.5) is 26.3 Å². The van der Waals surface area contributed by atoms with Crippen LogP contribution in [0, 0.1) is 0 Å². The standard InChI is InChI=1S/C30H34F6O8/c1-40-24(37)19-11-10-17-23(44-26(39)28(42-3,30(34,35)36)22-15-8-5-9-16-22)18-12-20-43-25(38)27(41-2,29(31,32)33)21-13-6-4-7-14-21/h4-9,13-16,23H,10-12,17-20H2,1-3H3/t23-,27?,28?/m1/s1. The van der Waals surface area contributed by atoms with Crippen LogP contribution in [0.25, 0.3) is 0 Å². The number of carbonyl (C=O) groups excluding carboxylic acids is 3. The number of ether oxygens (including phenoxy) is 5. The molecule has 0 spiro atoms. The van der Waals surface area contributed by atoms with Gasteiger partial charge in [-0.05, 0) is 32.1 Å². The van der Waals surface area contributed by atoms with E-state index in [0.717, 1.165) is 24.3 Å². The summed E-state index contributed by atoms with van der Waals surface area (Å²) in [4.78, 5) is 37.4. The molecule has 0 amide bonds. The van der Waals surface area contributed by atoms with Gasteiger partial charge in [-0.1, -0.05) is 60.7 Å². The Morgan fingerprint density at radius 2 is 1.11 bits per heavy atom. The zero-order valence-corrected chi connectivity index (χ0v) is 24.3. The highest BCUT2D eigenvalue weighted by Gasteiger charge is 2.65. The van der Waals surface area contributed by atoms with E-state index in [-0.39, 0.29) is 38.5 Å². The van der Waals surface area contributed by atoms with Gasteiger partial charge >= 0.3 is 30.3 Å². The predicted molar refractivity (Wildman–Crippen MR) is 143 cm³/mol. The number of alkyl halides is 6. The van der Waals surface area contributed by atoms with Gasteiger partial charge in [-0.15, -0.1) is 0 Å². The molecule has 14 heteroatoms. The SMILES string of the molecule is COC(=O)CCCC[C@H](CCCOC(=O)C(OC)(c1ccccc1)C(F)(F)F)OC(=O)C(OC)(c1ccccc1)C(F)(F)F. The van der Waals surface area contributed by atoms with Crippen LogP contribution in [0.3, 0.4) is 0 Å². The van der Waals surface area contributed by atoms with E-state index in [0.29, 0.717) is 14.2 Å². The molecular formula is C30H34F6O8. The first-order chi connectivity index (χ1) is 20.7. The largest absolute Gasteiger partial charge is 0.469 e. The van der Waals surface area contributed by atoms with Crippen LogP contribution in [0.1, 0.15) is 49.7 Å². The third kappa shape index (κ3) is 8.29. The molecule has 8 nitrogen and oxygen atoms in total. The van der Waals surface area contributed by atoms with Gasteiger partial charge in [0, 0.05) is 31.8 Å². The van der Waals surface area contributed by atoms with Crippen molar-refractivity contribution in [2.45, 2.75) is 68.2 Å². The average molecular weight is 637 g/mol. The summed E-state index contributed by atoms with van der Waals surface area (Å²) in [5.74, 6) is -4.02. The second-order valence-electron chi connectivity index (χ2n) is 9.63. The molecule has 0 aliphatic rings. The molecular weight excluding hydrogens is 602 g/mol. The van der Waals surface area contributed by atoms with E-state index in [1.54, 1.807) is 0 Å². The number of rotatable bonds is 16. The Hall–Kier alpha value is -3.65. The van der Waals surface area contributed by atoms with Crippen molar-refractivity contribution in [2.75, 3.05) is 27.9 Å². The van der Waals surface area contributed by atoms with Gasteiger partial charge in [0.15, 0.2) is 0 Å². The summed E-state index contributed by atoms with van der Waals surface area (Å²) in [5, 5.41) is 0. The Morgan fingerprint density at radius 1 is 0.659 bits per heavy atom. The molecule has 0 N–H and O–H groups in total. The number of hydrogen-bond donors (Lipinski definition) is 0. The lowest BCUT2D eigenvalue weighted by Crippen LogP contribution is -2.52. The lowest BCUT2D eigenvalue weighted by molar-refractivity contribution is -0.279. The Morgan fingerprint density at radius 3 is 1.55 bits per heavy atom. The van der Waals surface area contributed by atoms with Crippen LogP contribution in [-0.2, 0) is 49.3 Å². The maximum absolute atomic E-state index is 14.3. The second kappa shape index (κ2) is 15.9. The first kappa shape index (κ1) is 36.5. The lowest BCUT2D eigenvalue weighted by atomic mass is 9.92. The minimum atomic E-state index is -5.23. The van der Waals surface area contributed by atoms with Gasteiger partial charge in [-0.3, -0.25) is 4.79 Å². The molecule has 2 unspecified atom stereocenters. The molecule has 2 rings (SSSR count). The van der Waals surface area contributed by atoms with E-state index in [2.05, 4.69) is 9.47 Å². The zero-order valence-electron chi connectivity index (χ0n) is 24.3. The summed E-state index contributed by atoms with van der Waals surface area (Å²) in [7, 11) is 2.61. The first-order valence-corrected chi connectivity index (χ1v) is 13.5. The smallest absolute Gasteiger partial charge is 0.432 e. The number of carbonyl (C=O) groups is 3. The van der Waals surface area contributed by atoms with Crippen molar-refractivity contribution in [3.05, 3.63) is 71.8 Å². The van der Waals surface area contributed by atoms with Crippen molar-refractivity contribution >= 4 is 17.9 Å². The summed E-state index contributed by atoms with van der Waals surface area (Å²) in [6.07, 6.45) is -11.6. The minimum absolute atomic E-state index is 0.000612. The highest BCUT2D eigenvalue weighted by Crippen LogP contribution is 2.44. The molecule has 0 heterocycles. The molecule has 0 radical (unpaired) electrons. The summed E-state index contributed by atoms with van der Waals surface area (Å²) < 4.78 is 110. The van der Waals surface area contributed by atoms with Crippen LogP contribution in [0.2, 0.25) is 0 Å². The van der Waals surface area contributed by atoms with Gasteiger partial charge in [0.1, 0.15) is 6.10 Å². The lowest BCUT2D eigenvalue weighted by Gasteiger charge is -2.34. The summed E-state index contributed by atoms with van der Waals surface area (Å²) in [6, 6.07) is 12.3. The fourth-order valence-corrected chi connectivity index (χ4v) is 4.59. The van der Waals surface area contributed by atoms with Crippen LogP contribution < -0.4 is 0 Å². The Bertz CT molecular complexity index is 1210. The molecule has 0 bridgehead atoms. The number of benzene rings is 2. The summed E-state index contributed by atoms with van der Waals surface area (Å²) in [5.41, 5.74) is -7.93. The van der Waals surface area contributed by atoms with E-state index in [1.807, 2.05) is 0 Å². The number of hydrogen-bond acceptors (Lipinski definition) is 8. The Kier molecular flexibility index (Phi) is 13.2. The van der Waals surface area contributed by atoms with Crippen LogP contribution in [0.15, 0.2) is 60.7 Å². The predicted octanol–water partition coefficient (Wildman–Crippen LogP) is 6.16. The molecule has 0 aromatic heterocycles. The van der Waals surface area contributed by atoms with Crippen molar-refractivity contribution in [3.63, 3.8) is 0 Å². The number of unbranched alkanes of at least 4 members (excludes halogenated alkanes) is 1. The van der Waals surface area contributed by atoms with Gasteiger partial charge in [0.25, 0.3) is 11.2 Å². The molecule has 44 heavy (non-hydrogen) atoms. The highest BCUT2D eigenvalue weighted by molar-refractivity contribution is 5.83. The van der Waals surface area contributed by atoms with Crippen LogP contribution >= 0.6 is 0 Å². The van der Waals surface area contributed by atoms with E-state index in [9.17, 15) is 40.7 Å². The number of halogens is 6. The molecule has 0 aliphatic carbocycles. The van der Waals surface area contributed by atoms with Crippen LogP contribution in [0.5, 0.6) is 0 Å². The molecule has 0 saturated heterocycles. The molecule has 0 aliphatic heterocycles. The first-order valence-electron chi connectivity index (χ1n) is 13.5. The molecule has 244 valence electrons. The maximum Gasteiger partial charge on any atom is 0.432 e. The van der Waals surface area contributed by atoms with E-state index >= 15 is 0 Å². The molecule has 0 fully saturated rings. The fourth-order valence-electron chi connectivity index (χ4n) is 4.59.